The van der Waals surface area contributed by atoms with Gasteiger partial charge in [-0.15, -0.1) is 22.7 Å². The van der Waals surface area contributed by atoms with Crippen molar-refractivity contribution in [3.63, 3.8) is 0 Å². The number of aromatic nitrogens is 1. The van der Waals surface area contributed by atoms with Gasteiger partial charge in [0.1, 0.15) is 0 Å². The Morgan fingerprint density at radius 3 is 3.00 bits per heavy atom. The summed E-state index contributed by atoms with van der Waals surface area (Å²) in [4.78, 5) is 16.8. The highest BCUT2D eigenvalue weighted by atomic mass is 35.5. The summed E-state index contributed by atoms with van der Waals surface area (Å²) in [6, 6.07) is 3.94. The molecule has 0 aromatic carbocycles. The lowest BCUT2D eigenvalue weighted by molar-refractivity contribution is 0.0520. The van der Waals surface area contributed by atoms with Crippen LogP contribution >= 0.6 is 34.3 Å². The molecular weight excluding hydrogens is 304 g/mol. The van der Waals surface area contributed by atoms with Crippen molar-refractivity contribution in [2.75, 3.05) is 11.9 Å². The predicted octanol–water partition coefficient (Wildman–Crippen LogP) is 4.21. The van der Waals surface area contributed by atoms with Gasteiger partial charge in [-0.1, -0.05) is 11.6 Å². The number of anilines is 1. The maximum Gasteiger partial charge on any atom is 0.357 e. The van der Waals surface area contributed by atoms with Crippen LogP contribution in [0.4, 0.5) is 5.13 Å². The number of ether oxygens (including phenoxy) is 1. The first-order chi connectivity index (χ1) is 9.10. The van der Waals surface area contributed by atoms with Gasteiger partial charge in [-0.05, 0) is 26.0 Å². The molecule has 4 nitrogen and oxygen atoms in total. The zero-order valence-electron chi connectivity index (χ0n) is 10.5. The molecule has 0 bridgehead atoms. The summed E-state index contributed by atoms with van der Waals surface area (Å²) < 4.78 is 5.66. The fraction of sp³-hybridized carbons (Fsp3) is 0.333. The number of halogens is 1. The minimum absolute atomic E-state index is 0.0960. The van der Waals surface area contributed by atoms with Gasteiger partial charge in [0.2, 0.25) is 0 Å². The van der Waals surface area contributed by atoms with Gasteiger partial charge < -0.3 is 10.1 Å². The average Bonchev–Trinajstić information content (AvgIpc) is 2.98. The molecule has 0 spiro atoms. The van der Waals surface area contributed by atoms with Crippen molar-refractivity contribution in [3.8, 4) is 0 Å². The molecule has 1 atom stereocenters. The van der Waals surface area contributed by atoms with Gasteiger partial charge >= 0.3 is 5.97 Å². The number of carbonyl (C=O) groups is 1. The van der Waals surface area contributed by atoms with Gasteiger partial charge in [0.15, 0.2) is 10.8 Å². The van der Waals surface area contributed by atoms with Crippen molar-refractivity contribution < 1.29 is 9.53 Å². The summed E-state index contributed by atoms with van der Waals surface area (Å²) in [7, 11) is 0. The van der Waals surface area contributed by atoms with Crippen LogP contribution in [0.1, 0.15) is 35.3 Å². The number of hydrogen-bond acceptors (Lipinski definition) is 6. The Morgan fingerprint density at radius 2 is 2.37 bits per heavy atom. The number of esters is 1. The second kappa shape index (κ2) is 6.36. The van der Waals surface area contributed by atoms with Gasteiger partial charge in [-0.2, -0.15) is 0 Å². The predicted molar refractivity (Wildman–Crippen MR) is 79.4 cm³/mol. The molecule has 2 rings (SSSR count). The number of thiophene rings is 1. The summed E-state index contributed by atoms with van der Waals surface area (Å²) >= 11 is 8.81. The number of rotatable bonds is 5. The van der Waals surface area contributed by atoms with Crippen molar-refractivity contribution in [2.45, 2.75) is 19.9 Å². The van der Waals surface area contributed by atoms with E-state index in [1.165, 1.54) is 22.7 Å². The Labute approximate surface area is 124 Å². The Bertz CT molecular complexity index is 568. The van der Waals surface area contributed by atoms with Crippen LogP contribution in [0.3, 0.4) is 0 Å². The monoisotopic (exact) mass is 316 g/mol. The number of thiazole rings is 1. The molecule has 0 amide bonds. The van der Waals surface area contributed by atoms with E-state index in [0.717, 1.165) is 9.21 Å². The van der Waals surface area contributed by atoms with Crippen molar-refractivity contribution in [1.82, 2.24) is 4.98 Å². The first kappa shape index (κ1) is 14.3. The molecule has 2 aromatic rings. The summed E-state index contributed by atoms with van der Waals surface area (Å²) in [5, 5.41) is 5.62. The fourth-order valence-corrected chi connectivity index (χ4v) is 3.29. The van der Waals surface area contributed by atoms with E-state index in [1.807, 2.05) is 19.1 Å². The molecule has 2 aromatic heterocycles. The minimum Gasteiger partial charge on any atom is -0.461 e. The molecule has 0 saturated heterocycles. The Morgan fingerprint density at radius 1 is 1.58 bits per heavy atom. The third kappa shape index (κ3) is 3.68. The second-order valence-electron chi connectivity index (χ2n) is 3.77. The lowest BCUT2D eigenvalue weighted by Gasteiger charge is -2.10. The maximum absolute atomic E-state index is 11.5. The number of carbonyl (C=O) groups excluding carboxylic acids is 1. The molecule has 19 heavy (non-hydrogen) atoms. The number of hydrogen-bond donors (Lipinski definition) is 1. The Hall–Kier alpha value is -1.11. The molecule has 0 aliphatic heterocycles. The Kier molecular flexibility index (Phi) is 4.79. The lowest BCUT2D eigenvalue weighted by atomic mass is 10.3. The molecule has 102 valence electrons. The fourth-order valence-electron chi connectivity index (χ4n) is 1.46. The summed E-state index contributed by atoms with van der Waals surface area (Å²) in [6.45, 7) is 4.14. The largest absolute Gasteiger partial charge is 0.461 e. The van der Waals surface area contributed by atoms with Crippen molar-refractivity contribution in [3.05, 3.63) is 32.4 Å². The number of nitrogens with one attached hydrogen (secondary N) is 1. The smallest absolute Gasteiger partial charge is 0.357 e. The third-order valence-corrected chi connectivity index (χ3v) is 4.54. The van der Waals surface area contributed by atoms with Gasteiger partial charge in [0.05, 0.1) is 17.0 Å². The highest BCUT2D eigenvalue weighted by Gasteiger charge is 2.14. The standard InChI is InChI=1S/C12H13ClN2O2S2/c1-3-17-11(16)8-6-18-12(15-8)14-7(2)9-4-5-10(13)19-9/h4-7H,3H2,1-2H3,(H,14,15). The van der Waals surface area contributed by atoms with Crippen LogP contribution in [-0.4, -0.2) is 17.6 Å². The van der Waals surface area contributed by atoms with Crippen LogP contribution in [0.15, 0.2) is 17.5 Å². The van der Waals surface area contributed by atoms with Crippen LogP contribution in [0.25, 0.3) is 0 Å². The van der Waals surface area contributed by atoms with Crippen LogP contribution in [-0.2, 0) is 4.74 Å². The lowest BCUT2D eigenvalue weighted by Crippen LogP contribution is -2.07. The number of nitrogens with zero attached hydrogens (tertiary/aromatic N) is 1. The first-order valence-electron chi connectivity index (χ1n) is 5.74. The van der Waals surface area contributed by atoms with Crippen molar-refractivity contribution in [2.24, 2.45) is 0 Å². The van der Waals surface area contributed by atoms with E-state index in [-0.39, 0.29) is 6.04 Å². The molecule has 0 saturated carbocycles. The van der Waals surface area contributed by atoms with E-state index in [4.69, 9.17) is 16.3 Å². The molecule has 0 aliphatic rings. The van der Waals surface area contributed by atoms with Gasteiger partial charge in [-0.25, -0.2) is 9.78 Å². The summed E-state index contributed by atoms with van der Waals surface area (Å²) in [5.74, 6) is -0.390. The van der Waals surface area contributed by atoms with E-state index in [9.17, 15) is 4.79 Å². The highest BCUT2D eigenvalue weighted by Crippen LogP contribution is 2.29. The maximum atomic E-state index is 11.5. The van der Waals surface area contributed by atoms with Crippen molar-refractivity contribution >= 4 is 45.4 Å². The van der Waals surface area contributed by atoms with Gasteiger partial charge in [0, 0.05) is 10.3 Å². The average molecular weight is 317 g/mol. The van der Waals surface area contributed by atoms with Gasteiger partial charge in [0.25, 0.3) is 0 Å². The molecule has 0 fully saturated rings. The molecule has 1 unspecified atom stereocenters. The molecule has 0 radical (unpaired) electrons. The van der Waals surface area contributed by atoms with Crippen molar-refractivity contribution in [1.29, 1.82) is 0 Å². The summed E-state index contributed by atoms with van der Waals surface area (Å²) in [5.41, 5.74) is 0.339. The van der Waals surface area contributed by atoms with Crippen LogP contribution in [0.2, 0.25) is 4.34 Å². The quantitative estimate of drug-likeness (QED) is 0.840. The molecule has 1 N–H and O–H groups in total. The Balaban J connectivity index is 2.01. The van der Waals surface area contributed by atoms with E-state index in [1.54, 1.807) is 12.3 Å². The third-order valence-electron chi connectivity index (χ3n) is 2.35. The van der Waals surface area contributed by atoms with E-state index < -0.39 is 5.97 Å². The zero-order valence-corrected chi connectivity index (χ0v) is 12.9. The molecule has 7 heteroatoms. The SMILES string of the molecule is CCOC(=O)c1csc(NC(C)c2ccc(Cl)s2)n1. The van der Waals surface area contributed by atoms with E-state index in [2.05, 4.69) is 10.3 Å². The van der Waals surface area contributed by atoms with Crippen LogP contribution in [0, 0.1) is 0 Å². The van der Waals surface area contributed by atoms with Gasteiger partial charge in [-0.3, -0.25) is 0 Å². The highest BCUT2D eigenvalue weighted by molar-refractivity contribution is 7.16. The zero-order chi connectivity index (χ0) is 13.8. The minimum atomic E-state index is -0.390. The van der Waals surface area contributed by atoms with Crippen LogP contribution in [0.5, 0.6) is 0 Å². The van der Waals surface area contributed by atoms with E-state index >= 15 is 0 Å². The van der Waals surface area contributed by atoms with Crippen LogP contribution < -0.4 is 5.32 Å². The topological polar surface area (TPSA) is 51.2 Å². The second-order valence-corrected chi connectivity index (χ2v) is 6.37. The first-order valence-corrected chi connectivity index (χ1v) is 7.82. The normalized spacial score (nSPS) is 12.2. The summed E-state index contributed by atoms with van der Waals surface area (Å²) in [6.07, 6.45) is 0. The molecule has 2 heterocycles. The molecular formula is C12H13ClN2O2S2. The van der Waals surface area contributed by atoms with E-state index in [0.29, 0.717) is 17.4 Å². The molecule has 0 aliphatic carbocycles.